The highest BCUT2D eigenvalue weighted by atomic mass is 15.1. The van der Waals surface area contributed by atoms with E-state index in [1.165, 1.54) is 39.0 Å². The number of allylic oxidation sites excluding steroid dienone is 4. The Balaban J connectivity index is 0.00000181. The predicted octanol–water partition coefficient (Wildman–Crippen LogP) is 11.8. The summed E-state index contributed by atoms with van der Waals surface area (Å²) in [5.41, 5.74) is 12.0. The van der Waals surface area contributed by atoms with Crippen LogP contribution in [0.25, 0.3) is 27.8 Å². The third-order valence-electron chi connectivity index (χ3n) is 6.86. The van der Waals surface area contributed by atoms with E-state index in [2.05, 4.69) is 171 Å². The van der Waals surface area contributed by atoms with Crippen molar-refractivity contribution < 1.29 is 0 Å². The van der Waals surface area contributed by atoms with Gasteiger partial charge in [-0.15, -0.1) is 0 Å². The Morgan fingerprint density at radius 3 is 1.32 bits per heavy atom. The molecule has 0 spiro atoms. The second-order valence-corrected chi connectivity index (χ2v) is 9.45. The maximum atomic E-state index is 2.32. The van der Waals surface area contributed by atoms with Crippen LogP contribution in [0.3, 0.4) is 0 Å². The van der Waals surface area contributed by atoms with Crippen LogP contribution in [-0.4, -0.2) is 0 Å². The third-order valence-corrected chi connectivity index (χ3v) is 6.86. The van der Waals surface area contributed by atoms with Gasteiger partial charge in [0.05, 0.1) is 0 Å². The summed E-state index contributed by atoms with van der Waals surface area (Å²) in [5, 5.41) is 0. The molecule has 0 saturated heterocycles. The first kappa shape index (κ1) is 28.4. The van der Waals surface area contributed by atoms with Gasteiger partial charge in [-0.1, -0.05) is 129 Å². The lowest BCUT2D eigenvalue weighted by molar-refractivity contribution is 1.28. The van der Waals surface area contributed by atoms with Crippen molar-refractivity contribution in [3.63, 3.8) is 0 Å². The summed E-state index contributed by atoms with van der Waals surface area (Å²) < 4.78 is 0. The van der Waals surface area contributed by atoms with Crippen molar-refractivity contribution in [1.82, 2.24) is 0 Å². The molecule has 1 heteroatoms. The van der Waals surface area contributed by atoms with Crippen molar-refractivity contribution in [1.29, 1.82) is 0 Å². The quantitative estimate of drug-likeness (QED) is 0.192. The van der Waals surface area contributed by atoms with E-state index in [1.54, 1.807) is 0 Å². The minimum Gasteiger partial charge on any atom is -0.311 e. The maximum absolute atomic E-state index is 2.32. The van der Waals surface area contributed by atoms with Crippen molar-refractivity contribution in [2.75, 3.05) is 4.90 Å². The first-order valence-corrected chi connectivity index (χ1v) is 14.2. The monoisotopic (exact) mass is 521 g/mol. The first-order valence-electron chi connectivity index (χ1n) is 14.2. The number of benzene rings is 5. The van der Waals surface area contributed by atoms with Crippen molar-refractivity contribution in [3.8, 4) is 22.3 Å². The molecule has 0 aromatic heterocycles. The fourth-order valence-corrected chi connectivity index (χ4v) is 4.77. The van der Waals surface area contributed by atoms with Gasteiger partial charge in [-0.05, 0) is 90.6 Å². The van der Waals surface area contributed by atoms with Crippen molar-refractivity contribution >= 4 is 22.6 Å². The van der Waals surface area contributed by atoms with Gasteiger partial charge < -0.3 is 4.90 Å². The summed E-state index contributed by atoms with van der Waals surface area (Å²) in [7, 11) is 0. The van der Waals surface area contributed by atoms with Gasteiger partial charge in [0.1, 0.15) is 0 Å². The number of anilines is 3. The molecule has 40 heavy (non-hydrogen) atoms. The molecule has 0 unspecified atom stereocenters. The van der Waals surface area contributed by atoms with Gasteiger partial charge >= 0.3 is 0 Å². The number of hydrogen-bond acceptors (Lipinski definition) is 1. The first-order chi connectivity index (χ1) is 19.7. The fourth-order valence-electron chi connectivity index (χ4n) is 4.77. The van der Waals surface area contributed by atoms with Crippen LogP contribution in [0.4, 0.5) is 17.1 Å². The van der Waals surface area contributed by atoms with Gasteiger partial charge in [0, 0.05) is 17.1 Å². The van der Waals surface area contributed by atoms with Gasteiger partial charge in [-0.25, -0.2) is 0 Å². The summed E-state index contributed by atoms with van der Waals surface area (Å²) in [6, 6.07) is 45.7. The zero-order valence-corrected chi connectivity index (χ0v) is 24.3. The molecule has 0 aliphatic rings. The Morgan fingerprint density at radius 2 is 0.900 bits per heavy atom. The normalized spacial score (nSPS) is 11.2. The fraction of sp³-hybridized carbons (Fsp3) is 0.128. The minimum absolute atomic E-state index is 1.13. The Labute approximate surface area is 240 Å². The van der Waals surface area contributed by atoms with Crippen LogP contribution < -0.4 is 4.90 Å². The molecule has 0 aliphatic heterocycles. The lowest BCUT2D eigenvalue weighted by atomic mass is 10.0. The van der Waals surface area contributed by atoms with Gasteiger partial charge in [-0.2, -0.15) is 0 Å². The molecular formula is C39H39N. The molecular weight excluding hydrogens is 482 g/mol. The van der Waals surface area contributed by atoms with E-state index in [0.29, 0.717) is 0 Å². The van der Waals surface area contributed by atoms with Crippen molar-refractivity contribution in [3.05, 3.63) is 157 Å². The number of aryl methyl sites for hydroxylation is 1. The van der Waals surface area contributed by atoms with Gasteiger partial charge in [-0.3, -0.25) is 0 Å². The van der Waals surface area contributed by atoms with E-state index in [0.717, 1.165) is 17.1 Å². The Morgan fingerprint density at radius 1 is 0.500 bits per heavy atom. The highest BCUT2D eigenvalue weighted by Crippen LogP contribution is 2.37. The van der Waals surface area contributed by atoms with Crippen LogP contribution >= 0.6 is 0 Å². The van der Waals surface area contributed by atoms with Crippen LogP contribution in [-0.2, 0) is 0 Å². The molecule has 5 rings (SSSR count). The summed E-state index contributed by atoms with van der Waals surface area (Å²) >= 11 is 0. The molecule has 0 amide bonds. The lowest BCUT2D eigenvalue weighted by Crippen LogP contribution is -2.09. The summed E-state index contributed by atoms with van der Waals surface area (Å²) in [5.74, 6) is 0. The molecule has 0 N–H and O–H groups in total. The zero-order valence-electron chi connectivity index (χ0n) is 24.3. The van der Waals surface area contributed by atoms with Crippen LogP contribution in [0.15, 0.2) is 146 Å². The third kappa shape index (κ3) is 6.68. The Kier molecular flexibility index (Phi) is 9.91. The summed E-state index contributed by atoms with van der Waals surface area (Å²) in [6.45, 7) is 10.3. The smallest absolute Gasteiger partial charge is 0.0462 e. The van der Waals surface area contributed by atoms with E-state index in [-0.39, 0.29) is 0 Å². The molecule has 0 bridgehead atoms. The van der Waals surface area contributed by atoms with Crippen molar-refractivity contribution in [2.45, 2.75) is 34.6 Å². The van der Waals surface area contributed by atoms with Gasteiger partial charge in [0.2, 0.25) is 0 Å². The summed E-state index contributed by atoms with van der Waals surface area (Å²) in [4.78, 5) is 2.32. The standard InChI is InChI=1S/C37H33N.C2H6/c1-4-9-29(5-2)31-16-22-35(23-17-31)38(36-24-18-33(19-25-36)30-10-7-6-8-11-30)37-26-20-34(21-27-37)32-14-12-28(3)13-15-32;1-2/h4-27H,1-3H3;1-2H3/b9-4-,29-5+;. The van der Waals surface area contributed by atoms with E-state index < -0.39 is 0 Å². The van der Waals surface area contributed by atoms with E-state index >= 15 is 0 Å². The predicted molar refractivity (Wildman–Crippen MR) is 177 cm³/mol. The molecule has 0 aliphatic carbocycles. The lowest BCUT2D eigenvalue weighted by Gasteiger charge is -2.26. The van der Waals surface area contributed by atoms with E-state index in [4.69, 9.17) is 0 Å². The zero-order chi connectivity index (χ0) is 28.3. The van der Waals surface area contributed by atoms with E-state index in [9.17, 15) is 0 Å². The molecule has 5 aromatic carbocycles. The molecule has 0 heterocycles. The minimum atomic E-state index is 1.13. The van der Waals surface area contributed by atoms with Gasteiger partial charge in [0.25, 0.3) is 0 Å². The molecule has 5 aromatic rings. The topological polar surface area (TPSA) is 3.24 Å². The molecule has 0 fully saturated rings. The molecule has 0 atom stereocenters. The molecule has 0 radical (unpaired) electrons. The number of nitrogens with zero attached hydrogens (tertiary/aromatic N) is 1. The average Bonchev–Trinajstić information content (AvgIpc) is 3.03. The van der Waals surface area contributed by atoms with Crippen LogP contribution in [0.1, 0.15) is 38.8 Å². The van der Waals surface area contributed by atoms with Crippen LogP contribution in [0, 0.1) is 6.92 Å². The second-order valence-electron chi connectivity index (χ2n) is 9.45. The van der Waals surface area contributed by atoms with Gasteiger partial charge in [0.15, 0.2) is 0 Å². The molecule has 200 valence electrons. The second kappa shape index (κ2) is 14.0. The summed E-state index contributed by atoms with van der Waals surface area (Å²) in [6.07, 6.45) is 6.39. The Hall–Kier alpha value is -4.62. The Bertz CT molecular complexity index is 1520. The largest absolute Gasteiger partial charge is 0.311 e. The molecule has 0 saturated carbocycles. The SMILES string of the molecule is C/C=C\C(=C/C)c1ccc(N(c2ccc(-c3ccccc3)cc2)c2ccc(-c3ccc(C)cc3)cc2)cc1.CC. The van der Waals surface area contributed by atoms with Crippen molar-refractivity contribution in [2.24, 2.45) is 0 Å². The number of rotatable bonds is 7. The number of hydrogen-bond donors (Lipinski definition) is 0. The highest BCUT2D eigenvalue weighted by molar-refractivity contribution is 5.81. The van der Waals surface area contributed by atoms with Crippen LogP contribution in [0.2, 0.25) is 0 Å². The van der Waals surface area contributed by atoms with Crippen LogP contribution in [0.5, 0.6) is 0 Å². The average molecular weight is 522 g/mol. The maximum Gasteiger partial charge on any atom is 0.0462 e. The molecule has 1 nitrogen and oxygen atoms in total. The van der Waals surface area contributed by atoms with E-state index in [1.807, 2.05) is 13.8 Å². The highest BCUT2D eigenvalue weighted by Gasteiger charge is 2.13.